The van der Waals surface area contributed by atoms with Crippen molar-refractivity contribution in [3.63, 3.8) is 0 Å². The molecule has 0 spiro atoms. The summed E-state index contributed by atoms with van der Waals surface area (Å²) in [6.45, 7) is 3.72. The van der Waals surface area contributed by atoms with Gasteiger partial charge in [-0.15, -0.1) is 6.58 Å². The van der Waals surface area contributed by atoms with Crippen LogP contribution in [0.1, 0.15) is 10.4 Å². The van der Waals surface area contributed by atoms with E-state index in [1.807, 2.05) is 0 Å². The lowest BCUT2D eigenvalue weighted by Crippen LogP contribution is -2.23. The van der Waals surface area contributed by atoms with Crippen LogP contribution in [-0.4, -0.2) is 22.5 Å². The number of hydrogen-bond acceptors (Lipinski definition) is 4. The third-order valence-corrected chi connectivity index (χ3v) is 1.84. The Kier molecular flexibility index (Phi) is 3.60. The monoisotopic (exact) mass is 222 g/mol. The van der Waals surface area contributed by atoms with Crippen LogP contribution in [0.2, 0.25) is 0 Å². The predicted molar refractivity (Wildman–Crippen MR) is 57.3 cm³/mol. The fraction of sp³-hybridized carbons (Fsp3) is 0.100. The molecule has 0 saturated carbocycles. The smallest absolute Gasteiger partial charge is 0.310 e. The molecule has 0 bridgehead atoms. The third kappa shape index (κ3) is 2.57. The summed E-state index contributed by atoms with van der Waals surface area (Å²) in [7, 11) is 0. The van der Waals surface area contributed by atoms with Gasteiger partial charge in [-0.05, 0) is 12.1 Å². The van der Waals surface area contributed by atoms with Crippen molar-refractivity contribution in [3.8, 4) is 5.75 Å². The lowest BCUT2D eigenvalue weighted by molar-refractivity contribution is -0.385. The molecule has 1 rings (SSSR count). The normalized spacial score (nSPS) is 9.50. The van der Waals surface area contributed by atoms with Crippen molar-refractivity contribution >= 4 is 11.6 Å². The van der Waals surface area contributed by atoms with Crippen LogP contribution in [0.4, 0.5) is 5.69 Å². The minimum Gasteiger partial charge on any atom is -0.502 e. The van der Waals surface area contributed by atoms with Crippen LogP contribution in [0.5, 0.6) is 5.75 Å². The number of carbonyl (C=O) groups is 1. The summed E-state index contributed by atoms with van der Waals surface area (Å²) in [5, 5.41) is 22.2. The Labute approximate surface area is 91.4 Å². The lowest BCUT2D eigenvalue weighted by Gasteiger charge is -2.02. The van der Waals surface area contributed by atoms with E-state index in [1.165, 1.54) is 12.1 Å². The molecule has 0 radical (unpaired) electrons. The molecule has 1 aromatic rings. The molecule has 0 aromatic heterocycles. The highest BCUT2D eigenvalue weighted by Gasteiger charge is 2.15. The number of nitrogens with zero attached hydrogens (tertiary/aromatic N) is 1. The number of nitro groups is 1. The molecule has 1 amide bonds. The highest BCUT2D eigenvalue weighted by Crippen LogP contribution is 2.25. The van der Waals surface area contributed by atoms with Gasteiger partial charge in [0, 0.05) is 18.2 Å². The van der Waals surface area contributed by atoms with Gasteiger partial charge in [-0.25, -0.2) is 0 Å². The average molecular weight is 222 g/mol. The maximum Gasteiger partial charge on any atom is 0.310 e. The first-order valence-corrected chi connectivity index (χ1v) is 4.42. The molecule has 0 saturated heterocycles. The zero-order valence-electron chi connectivity index (χ0n) is 8.34. The number of nitrogens with one attached hydrogen (secondary N) is 1. The fourth-order valence-corrected chi connectivity index (χ4v) is 1.09. The number of phenolic OH excluding ortho intramolecular Hbond substituents is 1. The summed E-state index contributed by atoms with van der Waals surface area (Å²) < 4.78 is 0. The first kappa shape index (κ1) is 11.7. The second kappa shape index (κ2) is 4.92. The van der Waals surface area contributed by atoms with Crippen LogP contribution < -0.4 is 5.32 Å². The predicted octanol–water partition coefficient (Wildman–Crippen LogP) is 1.22. The highest BCUT2D eigenvalue weighted by atomic mass is 16.6. The van der Waals surface area contributed by atoms with Gasteiger partial charge in [0.1, 0.15) is 0 Å². The summed E-state index contributed by atoms with van der Waals surface area (Å²) in [6.07, 6.45) is 1.50. The van der Waals surface area contributed by atoms with Crippen molar-refractivity contribution in [2.45, 2.75) is 0 Å². The van der Waals surface area contributed by atoms with Crippen molar-refractivity contribution in [1.29, 1.82) is 0 Å². The Morgan fingerprint density at radius 3 is 2.81 bits per heavy atom. The molecule has 0 aliphatic carbocycles. The van der Waals surface area contributed by atoms with Crippen molar-refractivity contribution < 1.29 is 14.8 Å². The number of benzene rings is 1. The summed E-state index contributed by atoms with van der Waals surface area (Å²) in [5.74, 6) is -0.957. The van der Waals surface area contributed by atoms with Crippen LogP contribution in [0, 0.1) is 10.1 Å². The van der Waals surface area contributed by atoms with Crippen LogP contribution in [0.3, 0.4) is 0 Å². The van der Waals surface area contributed by atoms with Gasteiger partial charge >= 0.3 is 5.69 Å². The average Bonchev–Trinajstić information content (AvgIpc) is 2.25. The van der Waals surface area contributed by atoms with Crippen LogP contribution in [-0.2, 0) is 0 Å². The molecular formula is C10H10N2O4. The van der Waals surface area contributed by atoms with Gasteiger partial charge in [0.25, 0.3) is 5.91 Å². The number of rotatable bonds is 4. The number of nitro benzene ring substituents is 1. The van der Waals surface area contributed by atoms with E-state index in [0.29, 0.717) is 0 Å². The largest absolute Gasteiger partial charge is 0.502 e. The van der Waals surface area contributed by atoms with Gasteiger partial charge in [0.2, 0.25) is 0 Å². The van der Waals surface area contributed by atoms with Gasteiger partial charge in [-0.2, -0.15) is 0 Å². The number of aromatic hydroxyl groups is 1. The maximum atomic E-state index is 11.4. The Morgan fingerprint density at radius 1 is 1.62 bits per heavy atom. The molecule has 84 valence electrons. The second-order valence-electron chi connectivity index (χ2n) is 2.96. The van der Waals surface area contributed by atoms with Gasteiger partial charge in [-0.3, -0.25) is 14.9 Å². The molecule has 0 heterocycles. The summed E-state index contributed by atoms with van der Waals surface area (Å²) in [4.78, 5) is 21.1. The minimum atomic E-state index is -0.721. The second-order valence-corrected chi connectivity index (χ2v) is 2.96. The van der Waals surface area contributed by atoms with Crippen LogP contribution in [0.15, 0.2) is 30.9 Å². The van der Waals surface area contributed by atoms with E-state index < -0.39 is 22.3 Å². The first-order valence-electron chi connectivity index (χ1n) is 4.42. The zero-order chi connectivity index (χ0) is 12.1. The molecule has 0 atom stereocenters. The maximum absolute atomic E-state index is 11.4. The molecule has 2 N–H and O–H groups in total. The summed E-state index contributed by atoms with van der Waals surface area (Å²) >= 11 is 0. The first-order chi connectivity index (χ1) is 7.56. The van der Waals surface area contributed by atoms with E-state index in [0.717, 1.165) is 12.1 Å². The topological polar surface area (TPSA) is 92.5 Å². The van der Waals surface area contributed by atoms with E-state index >= 15 is 0 Å². The number of hydrogen-bond donors (Lipinski definition) is 2. The van der Waals surface area contributed by atoms with E-state index in [9.17, 15) is 20.0 Å². The Bertz CT molecular complexity index is 442. The lowest BCUT2D eigenvalue weighted by atomic mass is 10.2. The minimum absolute atomic E-state index is 0.157. The quantitative estimate of drug-likeness (QED) is 0.455. The summed E-state index contributed by atoms with van der Waals surface area (Å²) in [5.41, 5.74) is -0.273. The number of carbonyl (C=O) groups excluding carboxylic acids is 1. The van der Waals surface area contributed by atoms with Gasteiger partial charge in [-0.1, -0.05) is 6.08 Å². The molecule has 0 aliphatic heterocycles. The van der Waals surface area contributed by atoms with Gasteiger partial charge in [0.15, 0.2) is 5.75 Å². The van der Waals surface area contributed by atoms with E-state index in [1.54, 1.807) is 0 Å². The highest BCUT2D eigenvalue weighted by molar-refractivity contribution is 5.95. The Hall–Kier alpha value is -2.37. The van der Waals surface area contributed by atoms with Crippen LogP contribution >= 0.6 is 0 Å². The zero-order valence-corrected chi connectivity index (χ0v) is 8.34. The standard InChI is InChI=1S/C10H10N2O4/c1-2-5-11-10(14)7-3-4-8(12(15)16)9(13)6-7/h2-4,6,13H,1,5H2,(H,11,14). The molecule has 0 fully saturated rings. The van der Waals surface area contributed by atoms with E-state index in [2.05, 4.69) is 11.9 Å². The molecule has 6 heteroatoms. The number of phenols is 1. The molecule has 1 aromatic carbocycles. The van der Waals surface area contributed by atoms with E-state index in [-0.39, 0.29) is 12.1 Å². The van der Waals surface area contributed by atoms with Crippen molar-refractivity contribution in [3.05, 3.63) is 46.5 Å². The molecule has 6 nitrogen and oxygen atoms in total. The van der Waals surface area contributed by atoms with Crippen molar-refractivity contribution in [2.75, 3.05) is 6.54 Å². The molecule has 0 aliphatic rings. The van der Waals surface area contributed by atoms with Crippen molar-refractivity contribution in [2.24, 2.45) is 0 Å². The fourth-order valence-electron chi connectivity index (χ4n) is 1.09. The number of amides is 1. The summed E-state index contributed by atoms with van der Waals surface area (Å²) in [6, 6.07) is 3.41. The van der Waals surface area contributed by atoms with E-state index in [4.69, 9.17) is 0 Å². The van der Waals surface area contributed by atoms with Gasteiger partial charge in [0.05, 0.1) is 4.92 Å². The van der Waals surface area contributed by atoms with Gasteiger partial charge < -0.3 is 10.4 Å². The molecule has 0 unspecified atom stereocenters. The Morgan fingerprint density at radius 2 is 2.31 bits per heavy atom. The molecular weight excluding hydrogens is 212 g/mol. The molecule has 16 heavy (non-hydrogen) atoms. The third-order valence-electron chi connectivity index (χ3n) is 1.84. The Balaban J connectivity index is 2.92. The SMILES string of the molecule is C=CCNC(=O)c1ccc([N+](=O)[O-])c(O)c1. The van der Waals surface area contributed by atoms with Crippen LogP contribution in [0.25, 0.3) is 0 Å². The van der Waals surface area contributed by atoms with Crippen molar-refractivity contribution in [1.82, 2.24) is 5.32 Å².